The van der Waals surface area contributed by atoms with E-state index >= 15 is 0 Å². The molecule has 1 unspecified atom stereocenters. The first-order valence-electron chi connectivity index (χ1n) is 9.43. The Morgan fingerprint density at radius 1 is 1.28 bits per heavy atom. The van der Waals surface area contributed by atoms with Crippen LogP contribution in [0.2, 0.25) is 0 Å². The van der Waals surface area contributed by atoms with Crippen molar-refractivity contribution >= 4 is 40.0 Å². The number of hydrogen-bond acceptors (Lipinski definition) is 6. The molecule has 1 aromatic carbocycles. The van der Waals surface area contributed by atoms with E-state index in [-0.39, 0.29) is 11.6 Å². The molecule has 2 aliphatic rings. The second kappa shape index (κ2) is 6.90. The molecule has 1 aliphatic carbocycles. The molecule has 1 saturated carbocycles. The predicted octanol–water partition coefficient (Wildman–Crippen LogP) is 4.30. The fourth-order valence-corrected chi connectivity index (χ4v) is 6.51. The number of carboxylic acids is 1. The molecular weight excluding hydrogens is 410 g/mol. The van der Waals surface area contributed by atoms with Crippen LogP contribution in [0.15, 0.2) is 33.4 Å². The number of methoxy groups -OCH3 is 1. The summed E-state index contributed by atoms with van der Waals surface area (Å²) in [4.78, 5) is 25.3. The number of fused-ring (bicyclic) bond motifs is 2. The summed E-state index contributed by atoms with van der Waals surface area (Å²) >= 11 is 3.36. The van der Waals surface area contributed by atoms with Gasteiger partial charge in [-0.1, -0.05) is 0 Å². The molecule has 6 nitrogen and oxygen atoms in total. The topological polar surface area (TPSA) is 88.8 Å². The molecule has 3 heterocycles. The average molecular weight is 430 g/mol. The van der Waals surface area contributed by atoms with Gasteiger partial charge in [0.25, 0.3) is 0 Å². The second-order valence-electron chi connectivity index (χ2n) is 7.36. The van der Waals surface area contributed by atoms with E-state index in [0.29, 0.717) is 16.7 Å². The maximum atomic E-state index is 12.8. The van der Waals surface area contributed by atoms with Crippen molar-refractivity contribution in [2.75, 3.05) is 12.9 Å². The Labute approximate surface area is 174 Å². The van der Waals surface area contributed by atoms with E-state index in [1.807, 2.05) is 16.7 Å². The van der Waals surface area contributed by atoms with E-state index < -0.39 is 17.5 Å². The summed E-state index contributed by atoms with van der Waals surface area (Å²) in [5.74, 6) is 0.245. The van der Waals surface area contributed by atoms with Gasteiger partial charge in [-0.05, 0) is 37.5 Å². The number of ether oxygens (including phenoxy) is 1. The summed E-state index contributed by atoms with van der Waals surface area (Å²) < 4.78 is 8.78. The van der Waals surface area contributed by atoms with Crippen LogP contribution in [0.25, 0.3) is 21.3 Å². The van der Waals surface area contributed by atoms with Crippen LogP contribution in [0.4, 0.5) is 0 Å². The van der Waals surface area contributed by atoms with Crippen LogP contribution in [0, 0.1) is 0 Å². The molecule has 0 radical (unpaired) electrons. The molecule has 150 valence electrons. The Morgan fingerprint density at radius 3 is 2.72 bits per heavy atom. The summed E-state index contributed by atoms with van der Waals surface area (Å²) in [7, 11) is 1.57. The Balaban J connectivity index is 1.79. The summed E-state index contributed by atoms with van der Waals surface area (Å²) in [6, 6.07) is 5.70. The van der Waals surface area contributed by atoms with E-state index in [2.05, 4.69) is 0 Å². The van der Waals surface area contributed by atoms with Crippen molar-refractivity contribution in [3.8, 4) is 16.2 Å². The standard InChI is InChI=1S/C21H19NO5S2/c1-27-19-11(16-8-13-15(23)6-7-28-21(13)29-16)4-5-12-17(19)22(10-2-3-10)9-14(18(12)24)20(25)26/h4-5,8-10,15,23H,2-3,6-7H2,1H3,(H,25,26). The highest BCUT2D eigenvalue weighted by Crippen LogP contribution is 2.48. The Kier molecular flexibility index (Phi) is 4.45. The summed E-state index contributed by atoms with van der Waals surface area (Å²) in [6.45, 7) is 0. The molecule has 1 aliphatic heterocycles. The van der Waals surface area contributed by atoms with E-state index in [1.54, 1.807) is 36.3 Å². The average Bonchev–Trinajstić information content (AvgIpc) is 3.45. The lowest BCUT2D eigenvalue weighted by atomic mass is 10.0. The van der Waals surface area contributed by atoms with Gasteiger partial charge in [0.05, 0.1) is 28.3 Å². The number of pyridine rings is 1. The van der Waals surface area contributed by atoms with Crippen LogP contribution in [0.3, 0.4) is 0 Å². The number of hydrogen-bond donors (Lipinski definition) is 2. The lowest BCUT2D eigenvalue weighted by molar-refractivity contribution is 0.0695. The molecule has 0 saturated heterocycles. The Hall–Kier alpha value is -2.29. The van der Waals surface area contributed by atoms with E-state index in [0.717, 1.165) is 45.2 Å². The van der Waals surface area contributed by atoms with Crippen molar-refractivity contribution < 1.29 is 19.7 Å². The highest BCUT2D eigenvalue weighted by Gasteiger charge is 2.30. The van der Waals surface area contributed by atoms with E-state index in [9.17, 15) is 19.8 Å². The molecule has 0 spiro atoms. The number of rotatable bonds is 4. The first kappa shape index (κ1) is 18.7. The number of carbonyl (C=O) groups is 1. The van der Waals surface area contributed by atoms with Crippen molar-refractivity contribution in [3.63, 3.8) is 0 Å². The minimum Gasteiger partial charge on any atom is -0.494 e. The number of thiophene rings is 1. The van der Waals surface area contributed by atoms with Crippen molar-refractivity contribution in [1.29, 1.82) is 0 Å². The van der Waals surface area contributed by atoms with E-state index in [1.165, 1.54) is 6.20 Å². The predicted molar refractivity (Wildman–Crippen MR) is 114 cm³/mol. The maximum absolute atomic E-state index is 12.8. The molecule has 0 amide bonds. The van der Waals surface area contributed by atoms with Crippen molar-refractivity contribution in [2.45, 2.75) is 35.6 Å². The minimum absolute atomic E-state index is 0.175. The molecule has 2 N–H and O–H groups in total. The smallest absolute Gasteiger partial charge is 0.341 e. The van der Waals surface area contributed by atoms with Crippen molar-refractivity contribution in [3.05, 3.63) is 45.7 Å². The molecular formula is C21H19NO5S2. The number of thioether (sulfide) groups is 1. The zero-order valence-corrected chi connectivity index (χ0v) is 17.3. The third kappa shape index (κ3) is 2.97. The molecule has 1 atom stereocenters. The number of aromatic carboxylic acids is 1. The number of nitrogens with zero attached hydrogens (tertiary/aromatic N) is 1. The largest absolute Gasteiger partial charge is 0.494 e. The van der Waals surface area contributed by atoms with Gasteiger partial charge >= 0.3 is 5.97 Å². The molecule has 3 aromatic rings. The minimum atomic E-state index is -1.22. The number of aliphatic hydroxyl groups is 1. The van der Waals surface area contributed by atoms with Gasteiger partial charge in [-0.25, -0.2) is 4.79 Å². The lowest BCUT2D eigenvalue weighted by Gasteiger charge is -2.17. The fourth-order valence-electron chi connectivity index (χ4n) is 3.90. The van der Waals surface area contributed by atoms with Crippen molar-refractivity contribution in [1.82, 2.24) is 4.57 Å². The molecule has 29 heavy (non-hydrogen) atoms. The summed E-state index contributed by atoms with van der Waals surface area (Å²) in [6.07, 6.45) is 3.63. The quantitative estimate of drug-likeness (QED) is 0.643. The molecule has 2 aromatic heterocycles. The fraction of sp³-hybridized carbons (Fsp3) is 0.333. The monoisotopic (exact) mass is 429 g/mol. The van der Waals surface area contributed by atoms with Gasteiger partial charge in [-0.15, -0.1) is 23.1 Å². The molecule has 5 rings (SSSR count). The number of benzene rings is 1. The van der Waals surface area contributed by atoms with Gasteiger partial charge in [-0.3, -0.25) is 4.79 Å². The maximum Gasteiger partial charge on any atom is 0.341 e. The van der Waals surface area contributed by atoms with Crippen molar-refractivity contribution in [2.24, 2.45) is 0 Å². The van der Waals surface area contributed by atoms with Crippen LogP contribution >= 0.6 is 23.1 Å². The van der Waals surface area contributed by atoms with Crippen LogP contribution in [0.1, 0.15) is 47.3 Å². The Morgan fingerprint density at radius 2 is 2.07 bits per heavy atom. The normalized spacial score (nSPS) is 18.6. The highest BCUT2D eigenvalue weighted by atomic mass is 32.2. The van der Waals surface area contributed by atoms with Gasteiger partial charge in [0.15, 0.2) is 5.75 Å². The third-order valence-corrected chi connectivity index (χ3v) is 8.02. The van der Waals surface area contributed by atoms with Crippen LogP contribution < -0.4 is 10.2 Å². The molecule has 1 fully saturated rings. The van der Waals surface area contributed by atoms with E-state index in [4.69, 9.17) is 4.74 Å². The first-order valence-corrected chi connectivity index (χ1v) is 11.2. The van der Waals surface area contributed by atoms with Crippen LogP contribution in [-0.4, -0.2) is 33.6 Å². The van der Waals surface area contributed by atoms with Gasteiger partial charge in [-0.2, -0.15) is 0 Å². The van der Waals surface area contributed by atoms with Gasteiger partial charge in [0, 0.05) is 34.0 Å². The molecule has 8 heteroatoms. The summed E-state index contributed by atoms with van der Waals surface area (Å²) in [5.41, 5.74) is 1.73. The zero-order valence-electron chi connectivity index (χ0n) is 15.7. The third-order valence-electron chi connectivity index (χ3n) is 5.50. The van der Waals surface area contributed by atoms with Crippen LogP contribution in [0.5, 0.6) is 5.75 Å². The number of carboxylic acid groups (broad SMARTS) is 1. The molecule has 0 bridgehead atoms. The number of aliphatic hydroxyl groups excluding tert-OH is 1. The highest BCUT2D eigenvalue weighted by molar-refractivity contribution is 8.01. The number of aromatic nitrogens is 1. The zero-order chi connectivity index (χ0) is 20.3. The van der Waals surface area contributed by atoms with Gasteiger partial charge in [0.1, 0.15) is 5.56 Å². The van der Waals surface area contributed by atoms with Gasteiger partial charge in [0.2, 0.25) is 5.43 Å². The lowest BCUT2D eigenvalue weighted by Crippen LogP contribution is -2.19. The Bertz CT molecular complexity index is 1210. The van der Waals surface area contributed by atoms with Gasteiger partial charge < -0.3 is 19.5 Å². The SMILES string of the molecule is COc1c(-c2cc3c(s2)SCCC3O)ccc2c(=O)c(C(=O)O)cn(C3CC3)c12. The summed E-state index contributed by atoms with van der Waals surface area (Å²) in [5, 5.41) is 20.1. The second-order valence-corrected chi connectivity index (χ2v) is 9.78. The van der Waals surface area contributed by atoms with Crippen LogP contribution in [-0.2, 0) is 0 Å². The first-order chi connectivity index (χ1) is 14.0.